The Kier molecular flexibility index (Phi) is 8.58. The third-order valence-electron chi connectivity index (χ3n) is 7.79. The minimum absolute atomic E-state index is 0.496. The Labute approximate surface area is 237 Å². The molecule has 2 aliphatic heterocycles. The molecule has 4 heterocycles. The average Bonchev–Trinajstić information content (AvgIpc) is 3.48. The normalized spacial score (nSPS) is 19.6. The fraction of sp³-hybridized carbons (Fsp3) is 0.484. The van der Waals surface area contributed by atoms with Crippen LogP contribution in [0.5, 0.6) is 0 Å². The second-order valence-electron chi connectivity index (χ2n) is 11.2. The van der Waals surface area contributed by atoms with E-state index in [2.05, 4.69) is 67.7 Å². The summed E-state index contributed by atoms with van der Waals surface area (Å²) in [5, 5.41) is 10.5. The van der Waals surface area contributed by atoms with E-state index in [1.807, 2.05) is 12.3 Å². The second kappa shape index (κ2) is 12.1. The van der Waals surface area contributed by atoms with Gasteiger partial charge in [0.2, 0.25) is 0 Å². The number of hydrogen-bond acceptors (Lipinski definition) is 6. The molecule has 2 aliphatic rings. The first kappa shape index (κ1) is 27.7. The number of aliphatic hydroxyl groups is 1. The topological polar surface area (TPSA) is 71.5 Å². The second-order valence-corrected chi connectivity index (χ2v) is 11.6. The summed E-state index contributed by atoms with van der Waals surface area (Å²) in [6, 6.07) is 11.5. The molecule has 2 fully saturated rings. The number of aromatic nitrogens is 3. The fourth-order valence-corrected chi connectivity index (χ4v) is 5.99. The molecule has 0 saturated carbocycles. The first-order valence-corrected chi connectivity index (χ1v) is 14.4. The van der Waals surface area contributed by atoms with Crippen molar-refractivity contribution in [3.8, 4) is 23.2 Å². The highest BCUT2D eigenvalue weighted by Crippen LogP contribution is 2.31. The maximum absolute atomic E-state index is 9.82. The third-order valence-corrected chi connectivity index (χ3v) is 8.07. The number of benzene rings is 1. The Bertz CT molecular complexity index is 1280. The number of nitrogens with one attached hydrogen (secondary N) is 1. The molecule has 206 valence electrons. The summed E-state index contributed by atoms with van der Waals surface area (Å²) >= 11 is 6.70. The zero-order valence-electron chi connectivity index (χ0n) is 23.2. The first-order valence-electron chi connectivity index (χ1n) is 14.0. The number of imidazole rings is 1. The third kappa shape index (κ3) is 7.01. The van der Waals surface area contributed by atoms with Crippen LogP contribution in [0.4, 0.5) is 5.82 Å². The molecule has 5 rings (SSSR count). The number of hydrogen-bond donors (Lipinski definition) is 2. The summed E-state index contributed by atoms with van der Waals surface area (Å²) in [6.45, 7) is 11.8. The maximum Gasteiger partial charge on any atom is 0.147 e. The van der Waals surface area contributed by atoms with Gasteiger partial charge >= 0.3 is 0 Å². The standard InChI is InChI=1S/C31H39ClN6O/c1-4-26-22-37(30-28(32)19-25(20-35-30)29-33-13-14-34-29)17-18-38(26)27-10-15-36(16-11-27)21-24-7-5-23(6-8-24)9-12-31(2,3)39/h5-8,13-14,19-20,26-27,39H,4,10-11,15-18,21-22H2,1-3H3,(H,33,34)/t26-/m0/s1. The number of nitrogens with zero attached hydrogens (tertiary/aromatic N) is 5. The molecule has 0 aliphatic carbocycles. The summed E-state index contributed by atoms with van der Waals surface area (Å²) in [6.07, 6.45) is 8.91. The minimum atomic E-state index is -0.970. The van der Waals surface area contributed by atoms with Crippen LogP contribution in [0.1, 0.15) is 51.2 Å². The lowest BCUT2D eigenvalue weighted by Crippen LogP contribution is -2.58. The SMILES string of the molecule is CC[C@H]1CN(c2ncc(-c3ncc[nH]3)cc2Cl)CCN1C1CCN(Cc2ccc(C#CC(C)(C)O)cc2)CC1. The van der Waals surface area contributed by atoms with Crippen molar-refractivity contribution in [2.75, 3.05) is 37.6 Å². The highest BCUT2D eigenvalue weighted by molar-refractivity contribution is 6.33. The van der Waals surface area contributed by atoms with Crippen molar-refractivity contribution in [2.24, 2.45) is 0 Å². The molecule has 0 amide bonds. The van der Waals surface area contributed by atoms with Gasteiger partial charge in [0, 0.05) is 68.0 Å². The molecule has 1 atom stereocenters. The average molecular weight is 547 g/mol. The van der Waals surface area contributed by atoms with Crippen molar-refractivity contribution in [1.29, 1.82) is 0 Å². The van der Waals surface area contributed by atoms with Gasteiger partial charge in [0.15, 0.2) is 0 Å². The number of H-pyrrole nitrogens is 1. The molecule has 7 nitrogen and oxygen atoms in total. The number of anilines is 1. The summed E-state index contributed by atoms with van der Waals surface area (Å²) in [5.41, 5.74) is 2.18. The van der Waals surface area contributed by atoms with Crippen molar-refractivity contribution in [3.05, 3.63) is 65.1 Å². The van der Waals surface area contributed by atoms with Crippen molar-refractivity contribution in [2.45, 2.75) is 64.3 Å². The zero-order valence-corrected chi connectivity index (χ0v) is 24.0. The van der Waals surface area contributed by atoms with Crippen LogP contribution in [0.3, 0.4) is 0 Å². The summed E-state index contributed by atoms with van der Waals surface area (Å²) in [7, 11) is 0. The van der Waals surface area contributed by atoms with Crippen molar-refractivity contribution < 1.29 is 5.11 Å². The van der Waals surface area contributed by atoms with Crippen LogP contribution in [0.25, 0.3) is 11.4 Å². The molecule has 39 heavy (non-hydrogen) atoms. The molecule has 0 unspecified atom stereocenters. The molecule has 2 N–H and O–H groups in total. The molecular weight excluding hydrogens is 508 g/mol. The van der Waals surface area contributed by atoms with E-state index < -0.39 is 5.60 Å². The van der Waals surface area contributed by atoms with Gasteiger partial charge in [-0.3, -0.25) is 9.80 Å². The number of aromatic amines is 1. The molecule has 0 bridgehead atoms. The van der Waals surface area contributed by atoms with Gasteiger partial charge in [-0.1, -0.05) is 42.5 Å². The monoisotopic (exact) mass is 546 g/mol. The number of piperazine rings is 1. The van der Waals surface area contributed by atoms with Gasteiger partial charge in [0.25, 0.3) is 0 Å². The van der Waals surface area contributed by atoms with Crippen LogP contribution in [0.15, 0.2) is 48.9 Å². The fourth-order valence-electron chi connectivity index (χ4n) is 5.71. The van der Waals surface area contributed by atoms with Crippen LogP contribution in [-0.2, 0) is 6.54 Å². The summed E-state index contributed by atoms with van der Waals surface area (Å²) in [5.74, 6) is 7.59. The Morgan fingerprint density at radius 3 is 2.51 bits per heavy atom. The van der Waals surface area contributed by atoms with E-state index in [4.69, 9.17) is 16.6 Å². The highest BCUT2D eigenvalue weighted by Gasteiger charge is 2.34. The van der Waals surface area contributed by atoms with E-state index in [1.165, 1.54) is 18.4 Å². The minimum Gasteiger partial charge on any atom is -0.378 e. The van der Waals surface area contributed by atoms with Gasteiger partial charge in [-0.25, -0.2) is 9.97 Å². The van der Waals surface area contributed by atoms with E-state index in [-0.39, 0.29) is 0 Å². The molecule has 2 saturated heterocycles. The maximum atomic E-state index is 9.82. The van der Waals surface area contributed by atoms with E-state index >= 15 is 0 Å². The van der Waals surface area contributed by atoms with Gasteiger partial charge < -0.3 is 15.0 Å². The summed E-state index contributed by atoms with van der Waals surface area (Å²) in [4.78, 5) is 19.8. The van der Waals surface area contributed by atoms with Crippen LogP contribution in [0.2, 0.25) is 5.02 Å². The van der Waals surface area contributed by atoms with E-state index in [1.54, 1.807) is 26.2 Å². The number of piperidine rings is 1. The molecular formula is C31H39ClN6O. The van der Waals surface area contributed by atoms with Crippen LogP contribution in [-0.4, -0.2) is 80.3 Å². The van der Waals surface area contributed by atoms with Crippen LogP contribution < -0.4 is 4.90 Å². The zero-order chi connectivity index (χ0) is 27.4. The quantitative estimate of drug-likeness (QED) is 0.432. The lowest BCUT2D eigenvalue weighted by Gasteiger charge is -2.47. The van der Waals surface area contributed by atoms with Crippen LogP contribution >= 0.6 is 11.6 Å². The lowest BCUT2D eigenvalue weighted by atomic mass is 9.97. The Morgan fingerprint density at radius 1 is 1.10 bits per heavy atom. The largest absolute Gasteiger partial charge is 0.378 e. The summed E-state index contributed by atoms with van der Waals surface area (Å²) < 4.78 is 0. The van der Waals surface area contributed by atoms with E-state index in [0.717, 1.165) is 68.5 Å². The molecule has 0 spiro atoms. The smallest absolute Gasteiger partial charge is 0.147 e. The predicted octanol–water partition coefficient (Wildman–Crippen LogP) is 4.81. The van der Waals surface area contributed by atoms with E-state index in [0.29, 0.717) is 17.1 Å². The first-order chi connectivity index (χ1) is 18.8. The van der Waals surface area contributed by atoms with E-state index in [9.17, 15) is 5.11 Å². The molecule has 2 aromatic heterocycles. The predicted molar refractivity (Wildman–Crippen MR) is 158 cm³/mol. The molecule has 8 heteroatoms. The number of pyridine rings is 1. The highest BCUT2D eigenvalue weighted by atomic mass is 35.5. The van der Waals surface area contributed by atoms with Crippen molar-refractivity contribution >= 4 is 17.4 Å². The Morgan fingerprint density at radius 2 is 1.87 bits per heavy atom. The van der Waals surface area contributed by atoms with Crippen LogP contribution in [0, 0.1) is 11.8 Å². The molecule has 3 aromatic rings. The number of halogens is 1. The lowest BCUT2D eigenvalue weighted by molar-refractivity contribution is 0.0610. The van der Waals surface area contributed by atoms with Gasteiger partial charge in [-0.05, 0) is 70.0 Å². The van der Waals surface area contributed by atoms with Gasteiger partial charge in [-0.2, -0.15) is 0 Å². The van der Waals surface area contributed by atoms with Gasteiger partial charge in [0.05, 0.1) is 5.02 Å². The Balaban J connectivity index is 1.14. The number of likely N-dealkylation sites (tertiary alicyclic amines) is 1. The van der Waals surface area contributed by atoms with Gasteiger partial charge in [-0.15, -0.1) is 0 Å². The van der Waals surface area contributed by atoms with Crippen molar-refractivity contribution in [3.63, 3.8) is 0 Å². The molecule has 0 radical (unpaired) electrons. The number of rotatable bonds is 6. The Hall–Kier alpha value is -2.89. The van der Waals surface area contributed by atoms with Gasteiger partial charge in [0.1, 0.15) is 17.2 Å². The van der Waals surface area contributed by atoms with Crippen molar-refractivity contribution in [1.82, 2.24) is 24.8 Å². The molecule has 1 aromatic carbocycles.